The number of carbonyl (C=O) groups excluding carboxylic acids is 1. The van der Waals surface area contributed by atoms with Gasteiger partial charge in [-0.15, -0.1) is 12.4 Å². The SMILES string of the molecule is Cc1ccc(CNC(=O)C2(S(C)(=O)=O)CCNCC2)cc1.Cl. The van der Waals surface area contributed by atoms with E-state index in [1.165, 1.54) is 0 Å². The van der Waals surface area contributed by atoms with Crippen molar-refractivity contribution in [1.29, 1.82) is 0 Å². The Morgan fingerprint density at radius 3 is 2.27 bits per heavy atom. The fraction of sp³-hybridized carbons (Fsp3) is 0.533. The van der Waals surface area contributed by atoms with Crippen molar-refractivity contribution < 1.29 is 13.2 Å². The highest BCUT2D eigenvalue weighted by atomic mass is 35.5. The van der Waals surface area contributed by atoms with Gasteiger partial charge in [0.05, 0.1) is 0 Å². The number of halogens is 1. The lowest BCUT2D eigenvalue weighted by Crippen LogP contribution is -2.57. The van der Waals surface area contributed by atoms with Gasteiger partial charge >= 0.3 is 0 Å². The predicted molar refractivity (Wildman–Crippen MR) is 90.0 cm³/mol. The molecular formula is C15H23ClN2O3S. The molecule has 0 atom stereocenters. The monoisotopic (exact) mass is 346 g/mol. The van der Waals surface area contributed by atoms with Crippen LogP contribution in [0, 0.1) is 6.92 Å². The number of aryl methyl sites for hydroxylation is 1. The molecule has 1 amide bonds. The quantitative estimate of drug-likeness (QED) is 0.859. The molecule has 1 saturated heterocycles. The van der Waals surface area contributed by atoms with Crippen LogP contribution in [0.2, 0.25) is 0 Å². The van der Waals surface area contributed by atoms with Gasteiger partial charge < -0.3 is 10.6 Å². The van der Waals surface area contributed by atoms with Crippen LogP contribution >= 0.6 is 12.4 Å². The molecule has 0 bridgehead atoms. The van der Waals surface area contributed by atoms with E-state index in [0.717, 1.165) is 17.4 Å². The van der Waals surface area contributed by atoms with E-state index in [0.29, 0.717) is 32.5 Å². The minimum absolute atomic E-state index is 0. The second-order valence-corrected chi connectivity index (χ2v) is 8.01. The maximum atomic E-state index is 12.5. The predicted octanol–water partition coefficient (Wildman–Crippen LogP) is 1.20. The van der Waals surface area contributed by atoms with Crippen LogP contribution in [0.4, 0.5) is 0 Å². The Morgan fingerprint density at radius 1 is 1.23 bits per heavy atom. The molecule has 22 heavy (non-hydrogen) atoms. The maximum absolute atomic E-state index is 12.5. The van der Waals surface area contributed by atoms with Crippen LogP contribution < -0.4 is 10.6 Å². The van der Waals surface area contributed by atoms with Gasteiger partial charge in [0.15, 0.2) is 14.6 Å². The summed E-state index contributed by atoms with van der Waals surface area (Å²) >= 11 is 0. The highest BCUT2D eigenvalue weighted by molar-refractivity contribution is 7.92. The molecule has 0 saturated carbocycles. The third kappa shape index (κ3) is 4.00. The van der Waals surface area contributed by atoms with E-state index < -0.39 is 14.6 Å². The van der Waals surface area contributed by atoms with Crippen molar-refractivity contribution in [2.75, 3.05) is 19.3 Å². The lowest BCUT2D eigenvalue weighted by Gasteiger charge is -2.34. The van der Waals surface area contributed by atoms with E-state index >= 15 is 0 Å². The van der Waals surface area contributed by atoms with Crippen molar-refractivity contribution in [3.8, 4) is 0 Å². The summed E-state index contributed by atoms with van der Waals surface area (Å²) in [6.45, 7) is 3.44. The summed E-state index contributed by atoms with van der Waals surface area (Å²) in [7, 11) is -3.45. The standard InChI is InChI=1S/C15H22N2O3S.ClH/c1-12-3-5-13(6-4-12)11-17-14(18)15(21(2,19)20)7-9-16-10-8-15;/h3-6,16H,7-11H2,1-2H3,(H,17,18);1H. The fourth-order valence-electron chi connectivity index (χ4n) is 2.65. The number of amides is 1. The first kappa shape index (κ1) is 18.9. The molecular weight excluding hydrogens is 324 g/mol. The van der Waals surface area contributed by atoms with Crippen molar-refractivity contribution in [3.05, 3.63) is 35.4 Å². The van der Waals surface area contributed by atoms with Crippen LogP contribution in [0.25, 0.3) is 0 Å². The zero-order valence-corrected chi connectivity index (χ0v) is 14.5. The summed E-state index contributed by atoms with van der Waals surface area (Å²) in [5, 5.41) is 5.89. The number of hydrogen-bond donors (Lipinski definition) is 2. The van der Waals surface area contributed by atoms with Gasteiger partial charge in [0.1, 0.15) is 0 Å². The Balaban J connectivity index is 0.00000242. The number of benzene rings is 1. The molecule has 0 aliphatic carbocycles. The summed E-state index contributed by atoms with van der Waals surface area (Å²) in [4.78, 5) is 12.5. The number of sulfone groups is 1. The minimum Gasteiger partial charge on any atom is -0.351 e. The summed E-state index contributed by atoms with van der Waals surface area (Å²) < 4.78 is 22.9. The Bertz CT molecular complexity index is 608. The molecule has 5 nitrogen and oxygen atoms in total. The normalized spacial score (nSPS) is 17.4. The van der Waals surface area contributed by atoms with Crippen molar-refractivity contribution in [1.82, 2.24) is 10.6 Å². The van der Waals surface area contributed by atoms with E-state index in [-0.39, 0.29) is 18.3 Å². The fourth-order valence-corrected chi connectivity index (χ4v) is 4.00. The number of hydrogen-bond acceptors (Lipinski definition) is 4. The Morgan fingerprint density at radius 2 is 1.77 bits per heavy atom. The first-order valence-electron chi connectivity index (χ1n) is 7.09. The topological polar surface area (TPSA) is 75.3 Å². The van der Waals surface area contributed by atoms with Gasteiger partial charge in [-0.3, -0.25) is 4.79 Å². The van der Waals surface area contributed by atoms with Crippen LogP contribution in [0.5, 0.6) is 0 Å². The van der Waals surface area contributed by atoms with E-state index in [1.54, 1.807) is 0 Å². The van der Waals surface area contributed by atoms with Crippen molar-refractivity contribution in [3.63, 3.8) is 0 Å². The molecule has 1 aromatic rings. The minimum atomic E-state index is -3.45. The highest BCUT2D eigenvalue weighted by Crippen LogP contribution is 2.28. The van der Waals surface area contributed by atoms with E-state index in [1.807, 2.05) is 31.2 Å². The van der Waals surface area contributed by atoms with E-state index in [4.69, 9.17) is 0 Å². The molecule has 124 valence electrons. The largest absolute Gasteiger partial charge is 0.351 e. The number of piperidine rings is 1. The molecule has 0 unspecified atom stereocenters. The van der Waals surface area contributed by atoms with Crippen LogP contribution in [0.1, 0.15) is 24.0 Å². The molecule has 7 heteroatoms. The Kier molecular flexibility index (Phi) is 6.40. The van der Waals surface area contributed by atoms with Gasteiger partial charge in [-0.1, -0.05) is 29.8 Å². The Hall–Kier alpha value is -1.11. The highest BCUT2D eigenvalue weighted by Gasteiger charge is 2.48. The number of nitrogens with one attached hydrogen (secondary N) is 2. The van der Waals surface area contributed by atoms with Gasteiger partial charge in [-0.2, -0.15) is 0 Å². The van der Waals surface area contributed by atoms with E-state index in [9.17, 15) is 13.2 Å². The van der Waals surface area contributed by atoms with Crippen LogP contribution in [0.3, 0.4) is 0 Å². The average Bonchev–Trinajstić information content (AvgIpc) is 2.46. The molecule has 1 fully saturated rings. The molecule has 0 spiro atoms. The lowest BCUT2D eigenvalue weighted by molar-refractivity contribution is -0.124. The summed E-state index contributed by atoms with van der Waals surface area (Å²) in [5.74, 6) is -0.382. The third-order valence-corrected chi connectivity index (χ3v) is 6.12. The number of rotatable bonds is 4. The molecule has 0 radical (unpaired) electrons. The lowest BCUT2D eigenvalue weighted by atomic mass is 9.95. The maximum Gasteiger partial charge on any atom is 0.241 e. The molecule has 1 heterocycles. The summed E-state index contributed by atoms with van der Waals surface area (Å²) in [6.07, 6.45) is 1.81. The average molecular weight is 347 g/mol. The zero-order chi connectivity index (χ0) is 15.5. The van der Waals surface area contributed by atoms with Crippen molar-refractivity contribution in [2.45, 2.75) is 31.1 Å². The summed E-state index contributed by atoms with van der Waals surface area (Å²) in [5.41, 5.74) is 2.11. The van der Waals surface area contributed by atoms with Crippen LogP contribution in [-0.2, 0) is 21.2 Å². The van der Waals surface area contributed by atoms with Gasteiger partial charge in [-0.05, 0) is 38.4 Å². The first-order valence-corrected chi connectivity index (χ1v) is 8.98. The van der Waals surface area contributed by atoms with Gasteiger partial charge in [-0.25, -0.2) is 8.42 Å². The van der Waals surface area contributed by atoms with E-state index in [2.05, 4.69) is 10.6 Å². The second-order valence-electron chi connectivity index (χ2n) is 5.68. The Labute approximate surface area is 138 Å². The molecule has 1 aliphatic heterocycles. The molecule has 2 rings (SSSR count). The van der Waals surface area contributed by atoms with Gasteiger partial charge in [0, 0.05) is 12.8 Å². The van der Waals surface area contributed by atoms with Crippen LogP contribution in [0.15, 0.2) is 24.3 Å². The molecule has 1 aliphatic rings. The number of carbonyl (C=O) groups is 1. The first-order chi connectivity index (χ1) is 9.85. The van der Waals surface area contributed by atoms with Gasteiger partial charge in [0.25, 0.3) is 0 Å². The smallest absolute Gasteiger partial charge is 0.241 e. The van der Waals surface area contributed by atoms with Gasteiger partial charge in [0.2, 0.25) is 5.91 Å². The molecule has 2 N–H and O–H groups in total. The second kappa shape index (κ2) is 7.44. The van der Waals surface area contributed by atoms with Crippen LogP contribution in [-0.4, -0.2) is 38.4 Å². The van der Waals surface area contributed by atoms with Crippen molar-refractivity contribution >= 4 is 28.2 Å². The van der Waals surface area contributed by atoms with Crippen molar-refractivity contribution in [2.24, 2.45) is 0 Å². The molecule has 0 aromatic heterocycles. The molecule has 1 aromatic carbocycles. The third-order valence-electron chi connectivity index (χ3n) is 4.11. The zero-order valence-electron chi connectivity index (χ0n) is 12.9. The summed E-state index contributed by atoms with van der Waals surface area (Å²) in [6, 6.07) is 7.81.